The van der Waals surface area contributed by atoms with E-state index in [1.807, 2.05) is 18.2 Å². The molecule has 0 amide bonds. The molecule has 0 atom stereocenters. The number of benzene rings is 3. The van der Waals surface area contributed by atoms with E-state index in [9.17, 15) is 17.6 Å². The van der Waals surface area contributed by atoms with Crippen LogP contribution in [0, 0.1) is 5.82 Å². The maximum absolute atomic E-state index is 13.5. The lowest BCUT2D eigenvalue weighted by Gasteiger charge is -2.13. The van der Waals surface area contributed by atoms with E-state index in [1.165, 1.54) is 16.8 Å². The molecule has 0 saturated carbocycles. The minimum Gasteiger partial charge on any atom is -0.267 e. The number of hydrogen-bond acceptors (Lipinski definition) is 4. The second-order valence-corrected chi connectivity index (χ2v) is 7.66. The van der Waals surface area contributed by atoms with E-state index in [-0.39, 0.29) is 11.3 Å². The summed E-state index contributed by atoms with van der Waals surface area (Å²) in [6.45, 7) is 0. The highest BCUT2D eigenvalue weighted by Crippen LogP contribution is 2.29. The second-order valence-electron chi connectivity index (χ2n) is 6.68. The van der Waals surface area contributed by atoms with Gasteiger partial charge < -0.3 is 0 Å². The molecule has 150 valence electrons. The largest absolute Gasteiger partial charge is 0.279 e. The molecule has 0 fully saturated rings. The quantitative estimate of drug-likeness (QED) is 0.499. The Bertz CT molecular complexity index is 1310. The van der Waals surface area contributed by atoms with Gasteiger partial charge in [-0.2, -0.15) is 9.78 Å². The summed E-state index contributed by atoms with van der Waals surface area (Å²) in [6, 6.07) is 21.7. The molecule has 1 aromatic heterocycles. The Labute approximate surface area is 174 Å². The lowest BCUT2D eigenvalue weighted by Crippen LogP contribution is -2.23. The summed E-state index contributed by atoms with van der Waals surface area (Å²) < 4.78 is 36.7. The first-order valence-corrected chi connectivity index (χ1v) is 10.5. The predicted octanol–water partition coefficient (Wildman–Crippen LogP) is 3.82. The van der Waals surface area contributed by atoms with Crippen molar-refractivity contribution in [3.63, 3.8) is 0 Å². The number of thiol groups is 1. The highest BCUT2D eigenvalue weighted by atomic mass is 32.2. The molecule has 30 heavy (non-hydrogen) atoms. The molecule has 0 aliphatic heterocycles. The van der Waals surface area contributed by atoms with E-state index in [0.717, 1.165) is 0 Å². The van der Waals surface area contributed by atoms with E-state index >= 15 is 0 Å². The van der Waals surface area contributed by atoms with Gasteiger partial charge in [-0.25, -0.2) is 12.8 Å². The Morgan fingerprint density at radius 2 is 1.47 bits per heavy atom. The average Bonchev–Trinajstić information content (AvgIpc) is 2.75. The van der Waals surface area contributed by atoms with Crippen molar-refractivity contribution in [3.8, 4) is 27.9 Å². The summed E-state index contributed by atoms with van der Waals surface area (Å²) in [6.07, 6.45) is 1.59. The van der Waals surface area contributed by atoms with Crippen molar-refractivity contribution in [2.24, 2.45) is 0 Å². The van der Waals surface area contributed by atoms with Crippen molar-refractivity contribution in [2.75, 3.05) is 0 Å². The van der Waals surface area contributed by atoms with Crippen molar-refractivity contribution in [1.29, 1.82) is 0 Å². The molecule has 1 heterocycles. The summed E-state index contributed by atoms with van der Waals surface area (Å²) in [5.41, 5.74) is 3.18. The highest BCUT2D eigenvalue weighted by molar-refractivity contribution is 7.71. The van der Waals surface area contributed by atoms with Crippen molar-refractivity contribution < 1.29 is 12.8 Å². The number of aromatic nitrogens is 2. The zero-order valence-corrected chi connectivity index (χ0v) is 16.6. The molecule has 7 heteroatoms. The molecule has 0 aliphatic carbocycles. The second kappa shape index (κ2) is 8.42. The number of rotatable bonds is 5. The molecule has 5 nitrogen and oxygen atoms in total. The third kappa shape index (κ3) is 4.06. The topological polar surface area (TPSA) is 69.0 Å². The maximum Gasteiger partial charge on any atom is 0.279 e. The molecular formula is C23H17FN2O3S. The van der Waals surface area contributed by atoms with Crippen molar-refractivity contribution >= 4 is 10.7 Å². The molecule has 0 saturated heterocycles. The van der Waals surface area contributed by atoms with Gasteiger partial charge in [-0.05, 0) is 41.0 Å². The molecule has 0 spiro atoms. The van der Waals surface area contributed by atoms with Crippen LogP contribution in [0.4, 0.5) is 4.39 Å². The van der Waals surface area contributed by atoms with Crippen LogP contribution in [0.5, 0.6) is 0 Å². The molecule has 3 aromatic carbocycles. The Morgan fingerprint density at radius 3 is 2.10 bits per heavy atom. The van der Waals surface area contributed by atoms with Crippen LogP contribution in [-0.4, -0.2) is 18.2 Å². The standard InChI is InChI=1S/C23H17FN2O3S/c24-19-12-10-18(11-13-19)22-21(17-8-6-16(7-9-17)15-30(28)29)14-25-26(23(22)27)20-4-2-1-3-5-20/h1-14,30H,15H2. The van der Waals surface area contributed by atoms with Gasteiger partial charge in [-0.15, -0.1) is 0 Å². The van der Waals surface area contributed by atoms with Crippen molar-refractivity contribution in [3.05, 3.63) is 107 Å². The van der Waals surface area contributed by atoms with Gasteiger partial charge in [0, 0.05) is 5.56 Å². The number of nitrogens with zero attached hydrogens (tertiary/aromatic N) is 2. The maximum atomic E-state index is 13.5. The molecule has 0 bridgehead atoms. The monoisotopic (exact) mass is 420 g/mol. The Hall–Kier alpha value is -3.58. The number of hydrogen-bond donors (Lipinski definition) is 1. The SMILES string of the molecule is O=c1c(-c2ccc(F)cc2)c(-c2ccc(C[SH](=O)=O)cc2)cnn1-c1ccccc1. The third-order valence-electron chi connectivity index (χ3n) is 4.69. The minimum atomic E-state index is -2.52. The lowest BCUT2D eigenvalue weighted by atomic mass is 9.96. The minimum absolute atomic E-state index is 0.0473. The van der Waals surface area contributed by atoms with Gasteiger partial charge in [0.15, 0.2) is 0 Å². The van der Waals surface area contributed by atoms with E-state index in [2.05, 4.69) is 5.10 Å². The Kier molecular flexibility index (Phi) is 5.54. The average molecular weight is 420 g/mol. The highest BCUT2D eigenvalue weighted by Gasteiger charge is 2.16. The molecule has 0 unspecified atom stereocenters. The summed E-state index contributed by atoms with van der Waals surface area (Å²) >= 11 is 0. The fourth-order valence-electron chi connectivity index (χ4n) is 3.26. The van der Waals surface area contributed by atoms with Crippen LogP contribution in [-0.2, 0) is 16.5 Å². The van der Waals surface area contributed by atoms with Crippen LogP contribution in [0.25, 0.3) is 27.9 Å². The van der Waals surface area contributed by atoms with E-state index in [1.54, 1.807) is 54.7 Å². The van der Waals surface area contributed by atoms with Gasteiger partial charge in [0.25, 0.3) is 5.56 Å². The summed E-state index contributed by atoms with van der Waals surface area (Å²) in [7, 11) is -2.52. The summed E-state index contributed by atoms with van der Waals surface area (Å²) in [5, 5.41) is 4.33. The first-order chi connectivity index (χ1) is 14.5. The van der Waals surface area contributed by atoms with Gasteiger partial charge in [-0.3, -0.25) is 4.79 Å². The molecule has 0 radical (unpaired) electrons. The number of para-hydroxylation sites is 1. The molecule has 4 aromatic rings. The summed E-state index contributed by atoms with van der Waals surface area (Å²) in [5.74, 6) is -0.442. The van der Waals surface area contributed by atoms with Crippen LogP contribution in [0.15, 0.2) is 89.9 Å². The van der Waals surface area contributed by atoms with Crippen LogP contribution < -0.4 is 5.56 Å². The molecule has 0 aliphatic rings. The van der Waals surface area contributed by atoms with Crippen LogP contribution in [0.1, 0.15) is 5.56 Å². The lowest BCUT2D eigenvalue weighted by molar-refractivity contribution is 0.614. The summed E-state index contributed by atoms with van der Waals surface area (Å²) in [4.78, 5) is 13.4. The molecule has 0 N–H and O–H groups in total. The van der Waals surface area contributed by atoms with Gasteiger partial charge in [0.1, 0.15) is 16.5 Å². The first-order valence-electron chi connectivity index (χ1n) is 9.18. The van der Waals surface area contributed by atoms with Gasteiger partial charge in [-0.1, -0.05) is 54.6 Å². The number of halogens is 1. The van der Waals surface area contributed by atoms with Crippen LogP contribution in [0.3, 0.4) is 0 Å². The third-order valence-corrected chi connectivity index (χ3v) is 5.31. The van der Waals surface area contributed by atoms with Crippen molar-refractivity contribution in [1.82, 2.24) is 9.78 Å². The van der Waals surface area contributed by atoms with Gasteiger partial charge >= 0.3 is 0 Å². The van der Waals surface area contributed by atoms with E-state index < -0.39 is 16.5 Å². The fraction of sp³-hybridized carbons (Fsp3) is 0.0435. The fourth-order valence-corrected chi connectivity index (χ4v) is 3.77. The van der Waals surface area contributed by atoms with Gasteiger partial charge in [0.2, 0.25) is 0 Å². The van der Waals surface area contributed by atoms with E-state index in [4.69, 9.17) is 0 Å². The Morgan fingerprint density at radius 1 is 0.833 bits per heavy atom. The first kappa shape index (κ1) is 19.7. The van der Waals surface area contributed by atoms with Crippen molar-refractivity contribution in [2.45, 2.75) is 5.75 Å². The predicted molar refractivity (Wildman–Crippen MR) is 115 cm³/mol. The van der Waals surface area contributed by atoms with Crippen LogP contribution in [0.2, 0.25) is 0 Å². The van der Waals surface area contributed by atoms with Crippen LogP contribution >= 0.6 is 0 Å². The zero-order chi connectivity index (χ0) is 21.1. The molecule has 4 rings (SSSR count). The van der Waals surface area contributed by atoms with E-state index in [0.29, 0.717) is 33.5 Å². The Balaban J connectivity index is 1.91. The van der Waals surface area contributed by atoms with Gasteiger partial charge in [0.05, 0.1) is 23.2 Å². The smallest absolute Gasteiger partial charge is 0.267 e. The zero-order valence-electron chi connectivity index (χ0n) is 15.7. The normalized spacial score (nSPS) is 11.0. The molecular weight excluding hydrogens is 403 g/mol.